The van der Waals surface area contributed by atoms with Crippen LogP contribution in [0.3, 0.4) is 0 Å². The van der Waals surface area contributed by atoms with Crippen molar-refractivity contribution in [2.75, 3.05) is 33.3 Å². The lowest BCUT2D eigenvalue weighted by Crippen LogP contribution is -2.50. The summed E-state index contributed by atoms with van der Waals surface area (Å²) >= 11 is 0. The van der Waals surface area contributed by atoms with Gasteiger partial charge in [-0.2, -0.15) is 5.10 Å². The fourth-order valence-corrected chi connectivity index (χ4v) is 3.84. The first kappa shape index (κ1) is 24.5. The SMILES string of the molecule is CCOC(=O)N1CCC(NC(=NC)NCCCn2nc3n(c2=O)CCCC3)CC1.I. The summed E-state index contributed by atoms with van der Waals surface area (Å²) in [6.45, 7) is 5.68. The van der Waals surface area contributed by atoms with Crippen molar-refractivity contribution < 1.29 is 9.53 Å². The molecule has 0 aromatic carbocycles. The van der Waals surface area contributed by atoms with Gasteiger partial charge in [0.1, 0.15) is 5.82 Å². The van der Waals surface area contributed by atoms with Gasteiger partial charge in [0, 0.05) is 52.2 Å². The van der Waals surface area contributed by atoms with Gasteiger partial charge in [-0.05, 0) is 39.0 Å². The van der Waals surface area contributed by atoms with Crippen LogP contribution in [0.15, 0.2) is 9.79 Å². The van der Waals surface area contributed by atoms with Gasteiger partial charge in [0.15, 0.2) is 5.96 Å². The third-order valence-corrected chi connectivity index (χ3v) is 5.46. The van der Waals surface area contributed by atoms with Gasteiger partial charge in [-0.15, -0.1) is 24.0 Å². The lowest BCUT2D eigenvalue weighted by molar-refractivity contribution is 0.0963. The van der Waals surface area contributed by atoms with E-state index in [-0.39, 0.29) is 41.8 Å². The highest BCUT2D eigenvalue weighted by molar-refractivity contribution is 14.0. The smallest absolute Gasteiger partial charge is 0.409 e. The minimum absolute atomic E-state index is 0. The lowest BCUT2D eigenvalue weighted by atomic mass is 10.1. The molecule has 11 heteroatoms. The molecule has 0 aliphatic carbocycles. The molecule has 2 N–H and O–H groups in total. The highest BCUT2D eigenvalue weighted by Crippen LogP contribution is 2.11. The van der Waals surface area contributed by atoms with E-state index >= 15 is 0 Å². The van der Waals surface area contributed by atoms with Crippen LogP contribution in [-0.2, 0) is 24.2 Å². The quantitative estimate of drug-likeness (QED) is 0.245. The average molecular weight is 535 g/mol. The van der Waals surface area contributed by atoms with Crippen LogP contribution >= 0.6 is 24.0 Å². The van der Waals surface area contributed by atoms with Gasteiger partial charge in [-0.25, -0.2) is 14.3 Å². The summed E-state index contributed by atoms with van der Waals surface area (Å²) in [4.78, 5) is 30.2. The number of carbonyl (C=O) groups excluding carboxylic acids is 1. The molecule has 1 aromatic rings. The minimum atomic E-state index is -0.232. The Hall–Kier alpha value is -1.79. The van der Waals surface area contributed by atoms with Crippen molar-refractivity contribution in [1.29, 1.82) is 0 Å². The molecule has 170 valence electrons. The first-order valence-corrected chi connectivity index (χ1v) is 10.7. The second-order valence-electron chi connectivity index (χ2n) is 7.49. The van der Waals surface area contributed by atoms with Gasteiger partial charge in [0.05, 0.1) is 6.61 Å². The molecule has 3 heterocycles. The zero-order valence-electron chi connectivity index (χ0n) is 17.9. The molecule has 0 radical (unpaired) electrons. The largest absolute Gasteiger partial charge is 0.450 e. The van der Waals surface area contributed by atoms with Crippen molar-refractivity contribution in [3.63, 3.8) is 0 Å². The Labute approximate surface area is 194 Å². The highest BCUT2D eigenvalue weighted by atomic mass is 127. The molecule has 1 aromatic heterocycles. The summed E-state index contributed by atoms with van der Waals surface area (Å²) in [7, 11) is 1.75. The number of ether oxygens (including phenoxy) is 1. The lowest BCUT2D eigenvalue weighted by Gasteiger charge is -2.32. The second-order valence-corrected chi connectivity index (χ2v) is 7.49. The van der Waals surface area contributed by atoms with E-state index in [1.807, 2.05) is 6.92 Å². The van der Waals surface area contributed by atoms with Crippen molar-refractivity contribution in [3.8, 4) is 0 Å². The molecule has 10 nitrogen and oxygen atoms in total. The third kappa shape index (κ3) is 6.35. The van der Waals surface area contributed by atoms with Gasteiger partial charge >= 0.3 is 11.8 Å². The maximum Gasteiger partial charge on any atom is 0.409 e. The van der Waals surface area contributed by atoms with Crippen molar-refractivity contribution in [2.24, 2.45) is 4.99 Å². The zero-order chi connectivity index (χ0) is 20.6. The van der Waals surface area contributed by atoms with E-state index in [4.69, 9.17) is 4.74 Å². The number of guanidine groups is 1. The molecule has 0 atom stereocenters. The van der Waals surface area contributed by atoms with Crippen molar-refractivity contribution >= 4 is 36.0 Å². The van der Waals surface area contributed by atoms with E-state index in [0.29, 0.717) is 32.8 Å². The van der Waals surface area contributed by atoms with Gasteiger partial charge in [0.2, 0.25) is 0 Å². The molecular formula is C19H34IN7O3. The predicted octanol–water partition coefficient (Wildman–Crippen LogP) is 1.18. The Bertz CT molecular complexity index is 769. The molecule has 2 aliphatic rings. The number of aromatic nitrogens is 3. The number of aryl methyl sites for hydroxylation is 2. The Morgan fingerprint density at radius 2 is 2.03 bits per heavy atom. The van der Waals surface area contributed by atoms with Gasteiger partial charge in [0.25, 0.3) is 0 Å². The molecule has 2 aliphatic heterocycles. The molecule has 0 spiro atoms. The van der Waals surface area contributed by atoms with Crippen molar-refractivity contribution in [1.82, 2.24) is 29.9 Å². The summed E-state index contributed by atoms with van der Waals surface area (Å²) in [5.74, 6) is 1.66. The second kappa shape index (κ2) is 12.2. The van der Waals surface area contributed by atoms with Crippen LogP contribution in [-0.4, -0.2) is 70.6 Å². The number of amides is 1. The molecule has 0 unspecified atom stereocenters. The van der Waals surface area contributed by atoms with E-state index in [1.54, 1.807) is 21.2 Å². The van der Waals surface area contributed by atoms with Crippen molar-refractivity contribution in [2.45, 2.75) is 64.6 Å². The van der Waals surface area contributed by atoms with E-state index in [0.717, 1.165) is 56.9 Å². The van der Waals surface area contributed by atoms with Crippen molar-refractivity contribution in [3.05, 3.63) is 16.3 Å². The van der Waals surface area contributed by atoms with Crippen LogP contribution in [0.1, 0.15) is 44.9 Å². The Balaban J connectivity index is 0.00000320. The van der Waals surface area contributed by atoms with Gasteiger partial charge < -0.3 is 20.3 Å². The number of likely N-dealkylation sites (tertiary alicyclic amines) is 1. The van der Waals surface area contributed by atoms with E-state index in [2.05, 4.69) is 20.7 Å². The first-order chi connectivity index (χ1) is 14.1. The number of fused-ring (bicyclic) bond motifs is 1. The molecule has 1 fully saturated rings. The molecule has 0 saturated carbocycles. The normalized spacial score (nSPS) is 17.1. The standard InChI is InChI=1S/C19H33N7O3.HI/c1-3-29-19(28)24-13-8-15(9-14-24)22-17(20-2)21-10-6-12-26-18(27)25-11-5-4-7-16(25)23-26;/h15H,3-14H2,1-2H3,(H2,20,21,22);1H. The minimum Gasteiger partial charge on any atom is -0.450 e. The maximum atomic E-state index is 12.3. The third-order valence-electron chi connectivity index (χ3n) is 5.46. The van der Waals surface area contributed by atoms with Crippen LogP contribution in [0.25, 0.3) is 0 Å². The van der Waals surface area contributed by atoms with E-state index in [1.165, 1.54) is 0 Å². The Morgan fingerprint density at radius 3 is 2.70 bits per heavy atom. The number of nitrogens with zero attached hydrogens (tertiary/aromatic N) is 5. The van der Waals surface area contributed by atoms with Gasteiger partial charge in [-0.1, -0.05) is 0 Å². The molecule has 1 amide bonds. The Kier molecular flexibility index (Phi) is 9.92. The van der Waals surface area contributed by atoms with Crippen LogP contribution in [0, 0.1) is 0 Å². The summed E-state index contributed by atoms with van der Waals surface area (Å²) in [5.41, 5.74) is 0.00978. The molecule has 0 bridgehead atoms. The molecular weight excluding hydrogens is 501 g/mol. The topological polar surface area (TPSA) is 106 Å². The monoisotopic (exact) mass is 535 g/mol. The number of nitrogens with one attached hydrogen (secondary N) is 2. The summed E-state index contributed by atoms with van der Waals surface area (Å²) < 4.78 is 8.45. The number of aliphatic imine (C=N–C) groups is 1. The summed E-state index contributed by atoms with van der Waals surface area (Å²) in [5, 5.41) is 11.2. The summed E-state index contributed by atoms with van der Waals surface area (Å²) in [6.07, 6.45) is 5.33. The van der Waals surface area contributed by atoms with E-state index < -0.39 is 0 Å². The fourth-order valence-electron chi connectivity index (χ4n) is 3.84. The number of carbonyl (C=O) groups is 1. The Morgan fingerprint density at radius 1 is 1.27 bits per heavy atom. The molecule has 3 rings (SSSR count). The van der Waals surface area contributed by atoms with Crippen LogP contribution in [0.4, 0.5) is 4.79 Å². The number of hydrogen-bond acceptors (Lipinski definition) is 5. The van der Waals surface area contributed by atoms with Crippen LogP contribution in [0.2, 0.25) is 0 Å². The first-order valence-electron chi connectivity index (χ1n) is 10.7. The summed E-state index contributed by atoms with van der Waals surface area (Å²) in [6, 6.07) is 0.273. The highest BCUT2D eigenvalue weighted by Gasteiger charge is 2.24. The van der Waals surface area contributed by atoms with Crippen LogP contribution < -0.4 is 16.3 Å². The van der Waals surface area contributed by atoms with E-state index in [9.17, 15) is 9.59 Å². The number of rotatable bonds is 6. The zero-order valence-corrected chi connectivity index (χ0v) is 20.3. The van der Waals surface area contributed by atoms with Gasteiger partial charge in [-0.3, -0.25) is 9.56 Å². The number of hydrogen-bond donors (Lipinski definition) is 2. The number of piperidine rings is 1. The maximum absolute atomic E-state index is 12.3. The molecule has 1 saturated heterocycles. The predicted molar refractivity (Wildman–Crippen MR) is 126 cm³/mol. The molecule has 30 heavy (non-hydrogen) atoms. The fraction of sp³-hybridized carbons (Fsp3) is 0.789. The average Bonchev–Trinajstić information content (AvgIpc) is 3.06. The number of halogens is 1. The van der Waals surface area contributed by atoms with Crippen LogP contribution in [0.5, 0.6) is 0 Å².